The van der Waals surface area contributed by atoms with Gasteiger partial charge in [0.15, 0.2) is 12.1 Å². The Morgan fingerprint density at radius 2 is 1.95 bits per heavy atom. The van der Waals surface area contributed by atoms with Crippen molar-refractivity contribution in [2.45, 2.75) is 51.7 Å². The van der Waals surface area contributed by atoms with E-state index in [0.717, 1.165) is 66.4 Å². The Hall–Kier alpha value is -3.67. The highest BCUT2D eigenvalue weighted by Gasteiger charge is 2.25. The molecule has 1 unspecified atom stereocenters. The van der Waals surface area contributed by atoms with Gasteiger partial charge in [0.2, 0.25) is 0 Å². The number of rotatable bonds is 8. The van der Waals surface area contributed by atoms with Gasteiger partial charge in [-0.2, -0.15) is 5.10 Å². The minimum atomic E-state index is -0.341. The number of halogens is 1. The number of thiazole rings is 1. The third-order valence-electron chi connectivity index (χ3n) is 8.04. The highest BCUT2D eigenvalue weighted by molar-refractivity contribution is 7.19. The molecule has 6 heterocycles. The van der Waals surface area contributed by atoms with Crippen LogP contribution in [-0.2, 0) is 4.74 Å². The Labute approximate surface area is 247 Å². The van der Waals surface area contributed by atoms with Crippen LogP contribution in [0.2, 0.25) is 0 Å². The zero-order valence-electron chi connectivity index (χ0n) is 23.7. The third-order valence-corrected chi connectivity index (χ3v) is 9.11. The molecule has 218 valence electrons. The van der Waals surface area contributed by atoms with Crippen LogP contribution in [0.5, 0.6) is 5.75 Å². The molecule has 2 saturated heterocycles. The van der Waals surface area contributed by atoms with Gasteiger partial charge >= 0.3 is 0 Å². The lowest BCUT2D eigenvalue weighted by Crippen LogP contribution is -2.33. The van der Waals surface area contributed by atoms with E-state index in [1.165, 1.54) is 36.7 Å². The fourth-order valence-electron chi connectivity index (χ4n) is 5.84. The number of likely N-dealkylation sites (tertiary alicyclic amines) is 1. The van der Waals surface area contributed by atoms with E-state index in [1.807, 2.05) is 35.8 Å². The van der Waals surface area contributed by atoms with Gasteiger partial charge in [-0.05, 0) is 70.3 Å². The number of piperidine rings is 1. The first-order valence-corrected chi connectivity index (χ1v) is 15.6. The number of fused-ring (bicyclic) bond motifs is 1. The normalized spacial score (nSPS) is 18.1. The number of hydrogen-bond acceptors (Lipinski definition) is 8. The lowest BCUT2D eigenvalue weighted by molar-refractivity contribution is -0.0395. The molecule has 1 atom stereocenters. The van der Waals surface area contributed by atoms with E-state index in [9.17, 15) is 0 Å². The summed E-state index contributed by atoms with van der Waals surface area (Å²) in [6.45, 7) is 6.53. The van der Waals surface area contributed by atoms with Gasteiger partial charge < -0.3 is 9.47 Å². The molecule has 0 aliphatic carbocycles. The molecule has 0 saturated carbocycles. The minimum absolute atomic E-state index is 0.139. The van der Waals surface area contributed by atoms with E-state index in [1.54, 1.807) is 23.1 Å². The van der Waals surface area contributed by atoms with E-state index in [4.69, 9.17) is 24.7 Å². The van der Waals surface area contributed by atoms with Gasteiger partial charge in [-0.3, -0.25) is 4.90 Å². The van der Waals surface area contributed by atoms with Crippen molar-refractivity contribution in [3.63, 3.8) is 0 Å². The van der Waals surface area contributed by atoms with Crippen molar-refractivity contribution in [3.8, 4) is 38.3 Å². The zero-order valence-corrected chi connectivity index (χ0v) is 24.5. The first-order chi connectivity index (χ1) is 20.6. The van der Waals surface area contributed by atoms with Crippen molar-refractivity contribution in [3.05, 3.63) is 60.4 Å². The molecule has 42 heavy (non-hydrogen) atoms. The molecule has 0 spiro atoms. The highest BCUT2D eigenvalue weighted by atomic mass is 32.1. The summed E-state index contributed by atoms with van der Waals surface area (Å²) in [5.74, 6) is 0.952. The van der Waals surface area contributed by atoms with Crippen LogP contribution in [-0.4, -0.2) is 67.1 Å². The third kappa shape index (κ3) is 5.44. The van der Waals surface area contributed by atoms with Gasteiger partial charge in [-0.1, -0.05) is 18.6 Å². The molecule has 0 N–H and O–H groups in total. The molecule has 9 nitrogen and oxygen atoms in total. The number of benzene rings is 1. The predicted molar refractivity (Wildman–Crippen MR) is 160 cm³/mol. The second kappa shape index (κ2) is 11.9. The summed E-state index contributed by atoms with van der Waals surface area (Å²) in [4.78, 5) is 12.8. The maximum atomic E-state index is 15.1. The van der Waals surface area contributed by atoms with Gasteiger partial charge in [0, 0.05) is 31.0 Å². The molecule has 4 aromatic heterocycles. The van der Waals surface area contributed by atoms with Crippen LogP contribution >= 0.6 is 11.3 Å². The second-order valence-electron chi connectivity index (χ2n) is 10.9. The van der Waals surface area contributed by atoms with Crippen molar-refractivity contribution in [2.75, 3.05) is 32.8 Å². The second-order valence-corrected chi connectivity index (χ2v) is 11.9. The topological polar surface area (TPSA) is 82.6 Å². The monoisotopic (exact) mass is 587 g/mol. The Bertz CT molecular complexity index is 1680. The van der Waals surface area contributed by atoms with Gasteiger partial charge in [0.05, 0.1) is 22.5 Å². The summed E-state index contributed by atoms with van der Waals surface area (Å²) in [6.07, 6.45) is 10.4. The van der Waals surface area contributed by atoms with E-state index in [0.29, 0.717) is 35.2 Å². The minimum Gasteiger partial charge on any atom is -0.492 e. The predicted octanol–water partition coefficient (Wildman–Crippen LogP) is 6.39. The zero-order chi connectivity index (χ0) is 28.5. The van der Waals surface area contributed by atoms with Crippen LogP contribution in [0.25, 0.3) is 38.0 Å². The van der Waals surface area contributed by atoms with E-state index in [2.05, 4.69) is 9.88 Å². The SMILES string of the molecule is Cc1nn2ccc(OCCN3CCCCC3)cc2c1-c1nc(-c2ccccc2F)c(-c2ncn(C3CCCCO3)n2)s1. The quantitative estimate of drug-likeness (QED) is 0.208. The summed E-state index contributed by atoms with van der Waals surface area (Å²) >= 11 is 1.45. The molecule has 0 radical (unpaired) electrons. The molecule has 2 aliphatic rings. The molecule has 0 amide bonds. The average molecular weight is 588 g/mol. The Morgan fingerprint density at radius 3 is 2.79 bits per heavy atom. The lowest BCUT2D eigenvalue weighted by atomic mass is 10.1. The molecule has 2 fully saturated rings. The number of aromatic nitrogens is 6. The van der Waals surface area contributed by atoms with Crippen LogP contribution in [0.4, 0.5) is 4.39 Å². The Kier molecular flexibility index (Phi) is 7.70. The summed E-state index contributed by atoms with van der Waals surface area (Å²) in [6, 6.07) is 10.7. The molecular formula is C31H34FN7O2S. The summed E-state index contributed by atoms with van der Waals surface area (Å²) < 4.78 is 30.8. The lowest BCUT2D eigenvalue weighted by Gasteiger charge is -2.26. The van der Waals surface area contributed by atoms with Crippen molar-refractivity contribution >= 4 is 16.9 Å². The van der Waals surface area contributed by atoms with E-state index in [-0.39, 0.29) is 12.0 Å². The summed E-state index contributed by atoms with van der Waals surface area (Å²) in [5, 5.41) is 10.2. The largest absolute Gasteiger partial charge is 0.492 e. The van der Waals surface area contributed by atoms with Crippen LogP contribution in [0.15, 0.2) is 48.9 Å². The molecule has 11 heteroatoms. The number of hydrogen-bond donors (Lipinski definition) is 0. The summed E-state index contributed by atoms with van der Waals surface area (Å²) in [7, 11) is 0. The molecule has 1 aromatic carbocycles. The highest BCUT2D eigenvalue weighted by Crippen LogP contribution is 2.42. The van der Waals surface area contributed by atoms with Crippen LogP contribution < -0.4 is 4.74 Å². The van der Waals surface area contributed by atoms with Gasteiger partial charge in [0.25, 0.3) is 0 Å². The Morgan fingerprint density at radius 1 is 1.07 bits per heavy atom. The number of nitrogens with zero attached hydrogens (tertiary/aromatic N) is 7. The van der Waals surface area contributed by atoms with Crippen molar-refractivity contribution in [1.29, 1.82) is 0 Å². The molecule has 5 aromatic rings. The van der Waals surface area contributed by atoms with Crippen LogP contribution in [0, 0.1) is 12.7 Å². The van der Waals surface area contributed by atoms with Gasteiger partial charge in [-0.25, -0.2) is 23.6 Å². The summed E-state index contributed by atoms with van der Waals surface area (Å²) in [5.41, 5.74) is 3.53. The Balaban J connectivity index is 1.24. The standard InChI is InChI=1S/C31H34FN7O2S/c1-21-27(25-19-22(12-15-38(25)35-21)40-18-16-37-13-6-2-7-14-37)31-34-28(23-9-3-4-10-24(23)32)29(42-31)30-33-20-39(36-30)26-11-5-8-17-41-26/h3-4,9-10,12,15,19-20,26H,2,5-8,11,13-14,16-18H2,1H3. The fourth-order valence-corrected chi connectivity index (χ4v) is 6.96. The van der Waals surface area contributed by atoms with Crippen molar-refractivity contribution < 1.29 is 13.9 Å². The van der Waals surface area contributed by atoms with Crippen LogP contribution in [0.3, 0.4) is 0 Å². The molecule has 7 rings (SSSR count). The number of pyridine rings is 1. The first kappa shape index (κ1) is 27.2. The fraction of sp³-hybridized carbons (Fsp3) is 0.419. The average Bonchev–Trinajstić information content (AvgIpc) is 3.75. The maximum absolute atomic E-state index is 15.1. The van der Waals surface area contributed by atoms with E-state index >= 15 is 4.39 Å². The molecular weight excluding hydrogens is 553 g/mol. The number of ether oxygens (including phenoxy) is 2. The van der Waals surface area contributed by atoms with Crippen molar-refractivity contribution in [1.82, 2.24) is 34.3 Å². The van der Waals surface area contributed by atoms with Gasteiger partial charge in [-0.15, -0.1) is 16.4 Å². The smallest absolute Gasteiger partial charge is 0.193 e. The maximum Gasteiger partial charge on any atom is 0.193 e. The molecule has 0 bridgehead atoms. The number of aryl methyl sites for hydroxylation is 1. The van der Waals surface area contributed by atoms with E-state index < -0.39 is 0 Å². The molecule has 2 aliphatic heterocycles. The first-order valence-electron chi connectivity index (χ1n) is 14.8. The van der Waals surface area contributed by atoms with Crippen LogP contribution in [0.1, 0.15) is 50.4 Å². The van der Waals surface area contributed by atoms with Gasteiger partial charge in [0.1, 0.15) is 34.4 Å². The van der Waals surface area contributed by atoms with Crippen molar-refractivity contribution in [2.24, 2.45) is 0 Å².